The number of allylic oxidation sites excluding steroid dienone is 1. The summed E-state index contributed by atoms with van der Waals surface area (Å²) in [4.78, 5) is 43.5. The Morgan fingerprint density at radius 3 is 1.76 bits per heavy atom. The van der Waals surface area contributed by atoms with Gasteiger partial charge in [0.25, 0.3) is 0 Å². The van der Waals surface area contributed by atoms with Crippen LogP contribution in [-0.4, -0.2) is 67.0 Å². The van der Waals surface area contributed by atoms with Gasteiger partial charge in [0.05, 0.1) is 24.0 Å². The molecule has 4 bridgehead atoms. The maximum atomic E-state index is 13.2. The Kier molecular flexibility index (Phi) is 7.95. The summed E-state index contributed by atoms with van der Waals surface area (Å²) in [6, 6.07) is 17.6. The minimum absolute atomic E-state index is 0.0262. The minimum Gasteiger partial charge on any atom is -0.444 e. The molecule has 2 saturated carbocycles. The van der Waals surface area contributed by atoms with Gasteiger partial charge in [-0.15, -0.1) is 0 Å². The predicted octanol–water partition coefficient (Wildman–Crippen LogP) is 9.18. The maximum absolute atomic E-state index is 13.2. The number of aliphatic imine (C=N–C) groups is 1. The number of nitrogens with one attached hydrogen (secondary N) is 1. The molecule has 3 aromatic rings. The molecule has 2 amide bonds. The van der Waals surface area contributed by atoms with E-state index in [0.29, 0.717) is 11.8 Å². The normalized spacial score (nSPS) is 27.2. The van der Waals surface area contributed by atoms with Crippen molar-refractivity contribution in [2.24, 2.45) is 16.8 Å². The Labute approximate surface area is 295 Å². The molecule has 0 unspecified atom stereocenters. The fourth-order valence-electron chi connectivity index (χ4n) is 9.07. The van der Waals surface area contributed by atoms with Crippen LogP contribution < -0.4 is 0 Å². The average Bonchev–Trinajstić information content (AvgIpc) is 3.92. The van der Waals surface area contributed by atoms with Gasteiger partial charge in [0, 0.05) is 30.4 Å². The highest BCUT2D eigenvalue weighted by Crippen LogP contribution is 2.50. The second-order valence-electron chi connectivity index (χ2n) is 16.9. The molecule has 50 heavy (non-hydrogen) atoms. The van der Waals surface area contributed by atoms with Crippen molar-refractivity contribution < 1.29 is 19.1 Å². The molecule has 1 aromatic heterocycles. The van der Waals surface area contributed by atoms with Gasteiger partial charge in [-0.2, -0.15) is 0 Å². The van der Waals surface area contributed by atoms with Crippen LogP contribution in [0.4, 0.5) is 9.59 Å². The summed E-state index contributed by atoms with van der Waals surface area (Å²) in [5, 5.41) is 0. The van der Waals surface area contributed by atoms with E-state index in [1.54, 1.807) is 0 Å². The first kappa shape index (κ1) is 32.8. The van der Waals surface area contributed by atoms with Gasteiger partial charge in [0.1, 0.15) is 17.0 Å². The van der Waals surface area contributed by atoms with Gasteiger partial charge in [-0.25, -0.2) is 14.6 Å². The second kappa shape index (κ2) is 12.1. The molecule has 8 rings (SSSR count). The van der Waals surface area contributed by atoms with Crippen LogP contribution in [0.3, 0.4) is 0 Å². The molecule has 2 aromatic carbocycles. The number of benzene rings is 2. The first-order valence-electron chi connectivity index (χ1n) is 18.4. The molecule has 6 atom stereocenters. The molecular formula is C41H49N5O4. The Morgan fingerprint density at radius 1 is 0.700 bits per heavy atom. The van der Waals surface area contributed by atoms with Gasteiger partial charge in [0.15, 0.2) is 0 Å². The molecule has 9 heteroatoms. The molecule has 1 N–H and O–H groups in total. The first-order valence-corrected chi connectivity index (χ1v) is 18.4. The molecule has 262 valence electrons. The molecule has 2 aliphatic carbocycles. The third-order valence-electron chi connectivity index (χ3n) is 11.1. The average molecular weight is 676 g/mol. The summed E-state index contributed by atoms with van der Waals surface area (Å²) in [7, 11) is 0. The van der Waals surface area contributed by atoms with Gasteiger partial charge in [-0.3, -0.25) is 14.8 Å². The van der Waals surface area contributed by atoms with Gasteiger partial charge < -0.3 is 14.5 Å². The van der Waals surface area contributed by atoms with E-state index in [9.17, 15) is 9.59 Å². The van der Waals surface area contributed by atoms with Crippen LogP contribution in [0, 0.1) is 11.8 Å². The van der Waals surface area contributed by atoms with Crippen molar-refractivity contribution in [3.63, 3.8) is 0 Å². The fraction of sp³-hybridized carbons (Fsp3) is 0.512. The highest BCUT2D eigenvalue weighted by Gasteiger charge is 2.52. The van der Waals surface area contributed by atoms with Crippen molar-refractivity contribution >= 4 is 23.5 Å². The van der Waals surface area contributed by atoms with E-state index in [4.69, 9.17) is 19.5 Å². The standard InChI is InChI=1S/C41H49N5O4/c1-40(2,3)49-38(47)45-31-17-15-28(19-31)35(45)33-21-30(22-42-33)26-9-7-24(8-10-26)25-11-13-27(14-12-25)34-23-43-37(44-34)36-29-16-18-32(20-29)46(36)39(48)50-41(4,5)6/h7-14,22-23,28-29,31-32,35-36H,15-21H2,1-6H3,(H,43,44)/t28-,29-,31+,32+,35-,36-/m0/s1. The van der Waals surface area contributed by atoms with Crippen LogP contribution in [0.5, 0.6) is 0 Å². The quantitative estimate of drug-likeness (QED) is 0.291. The molecule has 0 radical (unpaired) electrons. The van der Waals surface area contributed by atoms with E-state index in [0.717, 1.165) is 84.4 Å². The number of piperidine rings is 2. The minimum atomic E-state index is -0.534. The van der Waals surface area contributed by atoms with Crippen molar-refractivity contribution in [3.05, 3.63) is 72.3 Å². The zero-order chi connectivity index (χ0) is 34.9. The Balaban J connectivity index is 0.922. The van der Waals surface area contributed by atoms with E-state index in [1.165, 1.54) is 5.57 Å². The molecule has 4 fully saturated rings. The van der Waals surface area contributed by atoms with E-state index in [2.05, 4.69) is 53.5 Å². The highest BCUT2D eigenvalue weighted by atomic mass is 16.6. The van der Waals surface area contributed by atoms with Crippen molar-refractivity contribution in [1.29, 1.82) is 0 Å². The smallest absolute Gasteiger partial charge is 0.411 e. The van der Waals surface area contributed by atoms with Crippen molar-refractivity contribution in [1.82, 2.24) is 19.8 Å². The summed E-state index contributed by atoms with van der Waals surface area (Å²) in [6.07, 6.45) is 10.6. The number of hydrogen-bond acceptors (Lipinski definition) is 6. The number of hydrogen-bond donors (Lipinski definition) is 1. The van der Waals surface area contributed by atoms with Crippen LogP contribution in [0.25, 0.3) is 28.0 Å². The number of carbonyl (C=O) groups excluding carboxylic acids is 2. The molecular weight excluding hydrogens is 626 g/mol. The number of carbonyl (C=O) groups is 2. The van der Waals surface area contributed by atoms with E-state index in [-0.39, 0.29) is 36.4 Å². The largest absolute Gasteiger partial charge is 0.444 e. The number of imidazole rings is 1. The Bertz CT molecular complexity index is 1840. The van der Waals surface area contributed by atoms with E-state index in [1.807, 2.05) is 63.7 Å². The molecule has 2 saturated heterocycles. The zero-order valence-electron chi connectivity index (χ0n) is 30.1. The van der Waals surface area contributed by atoms with Crippen LogP contribution in [0.1, 0.15) is 104 Å². The number of ether oxygens (including phenoxy) is 2. The van der Waals surface area contributed by atoms with Gasteiger partial charge in [-0.1, -0.05) is 48.5 Å². The number of likely N-dealkylation sites (tertiary alicyclic amines) is 2. The summed E-state index contributed by atoms with van der Waals surface area (Å²) in [5.74, 6) is 1.70. The monoisotopic (exact) mass is 675 g/mol. The molecule has 4 heterocycles. The molecule has 0 spiro atoms. The van der Waals surface area contributed by atoms with Crippen LogP contribution >= 0.6 is 0 Å². The zero-order valence-corrected chi connectivity index (χ0v) is 30.1. The maximum Gasteiger partial charge on any atom is 0.411 e. The van der Waals surface area contributed by atoms with Crippen molar-refractivity contribution in [2.75, 3.05) is 0 Å². The number of H-pyrrole nitrogens is 1. The lowest BCUT2D eigenvalue weighted by Gasteiger charge is -2.36. The SMILES string of the molecule is CC(C)(C)OC(=O)N1[C@@H]2CC[C@@H](C2)[C@H]1C1=NC=C(c2ccc(-c3ccc(-c4cnc([C@@H]5[C@H]6CC[C@H](C6)N5C(=O)OC(C)(C)C)[nH]4)cc3)cc2)C1. The van der Waals surface area contributed by atoms with E-state index < -0.39 is 11.2 Å². The van der Waals surface area contributed by atoms with Gasteiger partial charge in [-0.05, 0) is 120 Å². The second-order valence-corrected chi connectivity index (χ2v) is 16.9. The third-order valence-corrected chi connectivity index (χ3v) is 11.1. The Morgan fingerprint density at radius 2 is 1.20 bits per heavy atom. The van der Waals surface area contributed by atoms with Crippen LogP contribution in [-0.2, 0) is 9.47 Å². The number of rotatable bonds is 5. The molecule has 9 nitrogen and oxygen atoms in total. The summed E-state index contributed by atoms with van der Waals surface area (Å²) < 4.78 is 11.6. The predicted molar refractivity (Wildman–Crippen MR) is 194 cm³/mol. The number of aromatic nitrogens is 2. The highest BCUT2D eigenvalue weighted by molar-refractivity contribution is 6.03. The lowest BCUT2D eigenvalue weighted by atomic mass is 9.90. The lowest BCUT2D eigenvalue weighted by molar-refractivity contribution is 0.00607. The summed E-state index contributed by atoms with van der Waals surface area (Å²) in [6.45, 7) is 11.5. The van der Waals surface area contributed by atoms with Gasteiger partial charge in [0.2, 0.25) is 0 Å². The summed E-state index contributed by atoms with van der Waals surface area (Å²) in [5.41, 5.74) is 6.64. The third kappa shape index (κ3) is 6.13. The number of amides is 2. The molecule has 3 aliphatic heterocycles. The number of fused-ring (bicyclic) bond motifs is 4. The number of nitrogens with zero attached hydrogens (tertiary/aromatic N) is 4. The van der Waals surface area contributed by atoms with Crippen LogP contribution in [0.15, 0.2) is 65.9 Å². The van der Waals surface area contributed by atoms with Crippen molar-refractivity contribution in [3.8, 4) is 22.4 Å². The molecule has 5 aliphatic rings. The van der Waals surface area contributed by atoms with Crippen molar-refractivity contribution in [2.45, 2.75) is 122 Å². The van der Waals surface area contributed by atoms with E-state index >= 15 is 0 Å². The topological polar surface area (TPSA) is 100 Å². The van der Waals surface area contributed by atoms with Crippen LogP contribution in [0.2, 0.25) is 0 Å². The number of aromatic amines is 1. The Hall–Kier alpha value is -4.40. The summed E-state index contributed by atoms with van der Waals surface area (Å²) >= 11 is 0. The van der Waals surface area contributed by atoms with Gasteiger partial charge >= 0.3 is 12.2 Å². The lowest BCUT2D eigenvalue weighted by Crippen LogP contribution is -2.50. The first-order chi connectivity index (χ1) is 23.8. The fourth-order valence-corrected chi connectivity index (χ4v) is 9.07.